The predicted octanol–water partition coefficient (Wildman–Crippen LogP) is 6.56. The minimum absolute atomic E-state index is 0.0297. The molecule has 0 aliphatic rings. The summed E-state index contributed by atoms with van der Waals surface area (Å²) in [5, 5.41) is 18.8. The summed E-state index contributed by atoms with van der Waals surface area (Å²) in [6.45, 7) is 5.43. The zero-order valence-electron chi connectivity index (χ0n) is 18.4. The average Bonchev–Trinajstić information content (AvgIpc) is 2.63. The minimum atomic E-state index is -0.794. The van der Waals surface area contributed by atoms with Crippen LogP contribution in [0, 0.1) is 0 Å². The van der Waals surface area contributed by atoms with Gasteiger partial charge in [-0.15, -0.1) is 0 Å². The SMILES string of the molecule is CCCCCCCC/C=C\CCCCCCCCOCCC(C)(O)CCO. The van der Waals surface area contributed by atoms with Crippen molar-refractivity contribution in [1.82, 2.24) is 0 Å². The third-order valence-corrected chi connectivity index (χ3v) is 5.24. The van der Waals surface area contributed by atoms with Gasteiger partial charge in [-0.1, -0.05) is 76.9 Å². The Balaban J connectivity index is 3.17. The summed E-state index contributed by atoms with van der Waals surface area (Å²) in [6.07, 6.45) is 24.3. The van der Waals surface area contributed by atoms with Crippen molar-refractivity contribution in [3.63, 3.8) is 0 Å². The summed E-state index contributed by atoms with van der Waals surface area (Å²) < 4.78 is 5.58. The summed E-state index contributed by atoms with van der Waals surface area (Å²) in [4.78, 5) is 0. The van der Waals surface area contributed by atoms with Crippen LogP contribution in [-0.4, -0.2) is 35.6 Å². The Kier molecular flexibility index (Phi) is 20.1. The Morgan fingerprint density at radius 1 is 0.704 bits per heavy atom. The third-order valence-electron chi connectivity index (χ3n) is 5.24. The fraction of sp³-hybridized carbons (Fsp3) is 0.917. The van der Waals surface area contributed by atoms with Crippen LogP contribution in [0.1, 0.15) is 117 Å². The van der Waals surface area contributed by atoms with E-state index in [1.54, 1.807) is 6.92 Å². The number of unbranched alkanes of at least 4 members (excludes halogenated alkanes) is 12. The summed E-state index contributed by atoms with van der Waals surface area (Å²) >= 11 is 0. The summed E-state index contributed by atoms with van der Waals surface area (Å²) in [5.41, 5.74) is -0.794. The topological polar surface area (TPSA) is 49.7 Å². The maximum absolute atomic E-state index is 9.91. The van der Waals surface area contributed by atoms with E-state index < -0.39 is 5.60 Å². The lowest BCUT2D eigenvalue weighted by Gasteiger charge is -2.21. The molecule has 0 aromatic carbocycles. The first-order valence-corrected chi connectivity index (χ1v) is 11.7. The van der Waals surface area contributed by atoms with Gasteiger partial charge in [0.15, 0.2) is 0 Å². The number of rotatable bonds is 21. The Morgan fingerprint density at radius 3 is 1.78 bits per heavy atom. The van der Waals surface area contributed by atoms with E-state index in [1.807, 2.05) is 0 Å². The maximum atomic E-state index is 9.91. The van der Waals surface area contributed by atoms with Gasteiger partial charge in [0.2, 0.25) is 0 Å². The molecule has 0 aromatic rings. The highest BCUT2D eigenvalue weighted by Gasteiger charge is 2.18. The van der Waals surface area contributed by atoms with Gasteiger partial charge in [-0.2, -0.15) is 0 Å². The van der Waals surface area contributed by atoms with Crippen LogP contribution in [0.15, 0.2) is 12.2 Å². The molecule has 162 valence electrons. The zero-order valence-corrected chi connectivity index (χ0v) is 18.4. The van der Waals surface area contributed by atoms with Gasteiger partial charge in [0.25, 0.3) is 0 Å². The van der Waals surface area contributed by atoms with E-state index in [1.165, 1.54) is 83.5 Å². The number of hydrogen-bond donors (Lipinski definition) is 2. The lowest BCUT2D eigenvalue weighted by atomic mass is 9.99. The van der Waals surface area contributed by atoms with Gasteiger partial charge < -0.3 is 14.9 Å². The highest BCUT2D eigenvalue weighted by Crippen LogP contribution is 2.14. The molecule has 1 unspecified atom stereocenters. The molecule has 0 heterocycles. The van der Waals surface area contributed by atoms with Crippen LogP contribution >= 0.6 is 0 Å². The second-order valence-corrected chi connectivity index (χ2v) is 8.27. The lowest BCUT2D eigenvalue weighted by Crippen LogP contribution is -2.27. The van der Waals surface area contributed by atoms with Gasteiger partial charge in [0.05, 0.1) is 5.60 Å². The number of ether oxygens (including phenoxy) is 1. The van der Waals surface area contributed by atoms with E-state index in [4.69, 9.17) is 9.84 Å². The van der Waals surface area contributed by atoms with Gasteiger partial charge in [-0.25, -0.2) is 0 Å². The van der Waals surface area contributed by atoms with Gasteiger partial charge in [-0.05, 0) is 51.9 Å². The predicted molar refractivity (Wildman–Crippen MR) is 117 cm³/mol. The molecule has 0 rings (SSSR count). The largest absolute Gasteiger partial charge is 0.396 e. The second kappa shape index (κ2) is 20.4. The first-order valence-electron chi connectivity index (χ1n) is 11.7. The van der Waals surface area contributed by atoms with Gasteiger partial charge in [0.1, 0.15) is 0 Å². The minimum Gasteiger partial charge on any atom is -0.396 e. The molecule has 0 fully saturated rings. The second-order valence-electron chi connectivity index (χ2n) is 8.27. The highest BCUT2D eigenvalue weighted by atomic mass is 16.5. The highest BCUT2D eigenvalue weighted by molar-refractivity contribution is 4.81. The molecule has 0 aliphatic heterocycles. The molecule has 27 heavy (non-hydrogen) atoms. The van der Waals surface area contributed by atoms with Crippen LogP contribution in [0.5, 0.6) is 0 Å². The first kappa shape index (κ1) is 26.6. The smallest absolute Gasteiger partial charge is 0.0663 e. The van der Waals surface area contributed by atoms with Gasteiger partial charge >= 0.3 is 0 Å². The quantitative estimate of drug-likeness (QED) is 0.174. The molecule has 2 N–H and O–H groups in total. The van der Waals surface area contributed by atoms with Gasteiger partial charge in [0, 0.05) is 19.8 Å². The van der Waals surface area contributed by atoms with E-state index in [0.717, 1.165) is 13.0 Å². The number of allylic oxidation sites excluding steroid dienone is 2. The monoisotopic (exact) mass is 384 g/mol. The summed E-state index contributed by atoms with van der Waals surface area (Å²) in [6, 6.07) is 0. The standard InChI is InChI=1S/C24H48O3/c1-3-4-5-6-7-8-9-10-11-12-13-14-15-16-17-18-22-27-23-20-24(2,26)19-21-25/h10-11,25-26H,3-9,12-23H2,1-2H3/b11-10-. The molecule has 1 atom stereocenters. The van der Waals surface area contributed by atoms with Crippen molar-refractivity contribution in [3.8, 4) is 0 Å². The van der Waals surface area contributed by atoms with Crippen molar-refractivity contribution in [2.45, 2.75) is 122 Å². The van der Waals surface area contributed by atoms with Crippen LogP contribution < -0.4 is 0 Å². The number of hydrogen-bond acceptors (Lipinski definition) is 3. The van der Waals surface area contributed by atoms with Crippen molar-refractivity contribution >= 4 is 0 Å². The fourth-order valence-corrected chi connectivity index (χ4v) is 3.21. The van der Waals surface area contributed by atoms with Crippen LogP contribution in [0.4, 0.5) is 0 Å². The molecule has 0 amide bonds. The van der Waals surface area contributed by atoms with Crippen LogP contribution in [0.25, 0.3) is 0 Å². The van der Waals surface area contributed by atoms with E-state index in [2.05, 4.69) is 19.1 Å². The Morgan fingerprint density at radius 2 is 1.22 bits per heavy atom. The van der Waals surface area contributed by atoms with Crippen molar-refractivity contribution in [2.75, 3.05) is 19.8 Å². The molecule has 0 aromatic heterocycles. The number of aliphatic hydroxyl groups excluding tert-OH is 1. The molecule has 3 nitrogen and oxygen atoms in total. The van der Waals surface area contributed by atoms with Crippen molar-refractivity contribution in [2.24, 2.45) is 0 Å². The summed E-state index contributed by atoms with van der Waals surface area (Å²) in [5.74, 6) is 0. The van der Waals surface area contributed by atoms with Crippen molar-refractivity contribution < 1.29 is 14.9 Å². The number of aliphatic hydroxyl groups is 2. The molecular formula is C24H48O3. The Labute approximate surface area is 169 Å². The first-order chi connectivity index (χ1) is 13.1. The molecule has 0 spiro atoms. The van der Waals surface area contributed by atoms with Crippen molar-refractivity contribution in [1.29, 1.82) is 0 Å². The van der Waals surface area contributed by atoms with E-state index in [-0.39, 0.29) is 6.61 Å². The van der Waals surface area contributed by atoms with Gasteiger partial charge in [-0.3, -0.25) is 0 Å². The molecular weight excluding hydrogens is 336 g/mol. The van der Waals surface area contributed by atoms with E-state index >= 15 is 0 Å². The van der Waals surface area contributed by atoms with Crippen LogP contribution in [0.3, 0.4) is 0 Å². The average molecular weight is 385 g/mol. The fourth-order valence-electron chi connectivity index (χ4n) is 3.21. The maximum Gasteiger partial charge on any atom is 0.0663 e. The summed E-state index contributed by atoms with van der Waals surface area (Å²) in [7, 11) is 0. The molecule has 0 saturated carbocycles. The zero-order chi connectivity index (χ0) is 20.1. The molecule has 0 bridgehead atoms. The molecule has 0 radical (unpaired) electrons. The lowest BCUT2D eigenvalue weighted by molar-refractivity contribution is -0.00337. The molecule has 0 aliphatic carbocycles. The van der Waals surface area contributed by atoms with E-state index in [9.17, 15) is 5.11 Å². The molecule has 0 saturated heterocycles. The molecule has 3 heteroatoms. The Hall–Kier alpha value is -0.380. The Bertz CT molecular complexity index is 313. The third kappa shape index (κ3) is 21.8. The van der Waals surface area contributed by atoms with Crippen molar-refractivity contribution in [3.05, 3.63) is 12.2 Å². The normalized spacial score (nSPS) is 14.1. The van der Waals surface area contributed by atoms with Crippen LogP contribution in [-0.2, 0) is 4.74 Å². The van der Waals surface area contributed by atoms with E-state index in [0.29, 0.717) is 19.4 Å². The van der Waals surface area contributed by atoms with Crippen LogP contribution in [0.2, 0.25) is 0 Å².